The van der Waals surface area contributed by atoms with Crippen molar-refractivity contribution in [2.75, 3.05) is 6.54 Å². The molecule has 0 bridgehead atoms. The Morgan fingerprint density at radius 2 is 2.11 bits per heavy atom. The van der Waals surface area contributed by atoms with E-state index in [0.29, 0.717) is 11.3 Å². The van der Waals surface area contributed by atoms with E-state index in [4.69, 9.17) is 4.42 Å². The second kappa shape index (κ2) is 3.97. The molecule has 1 aromatic rings. The maximum Gasteiger partial charge on any atom is 0.258 e. The lowest BCUT2D eigenvalue weighted by Gasteiger charge is -2.39. The standard InChI is InChI=1S/C12H14N2O4/c1-7-4-8(6-18-7)10(16)14-5-9(15)13-11(17)12(14,2)3/h4,6H,5H2,1-3H3,(H,13,15,17). The molecule has 1 saturated heterocycles. The Bertz CT molecular complexity index is 530. The summed E-state index contributed by atoms with van der Waals surface area (Å²) in [5, 5.41) is 2.22. The summed E-state index contributed by atoms with van der Waals surface area (Å²) in [5.41, 5.74) is -0.723. The van der Waals surface area contributed by atoms with Gasteiger partial charge in [-0.1, -0.05) is 0 Å². The molecule has 0 unspecified atom stereocenters. The number of carbonyl (C=O) groups excluding carboxylic acids is 3. The molecule has 3 amide bonds. The lowest BCUT2D eigenvalue weighted by Crippen LogP contribution is -2.65. The number of furan rings is 1. The fourth-order valence-electron chi connectivity index (χ4n) is 1.82. The molecule has 2 heterocycles. The van der Waals surface area contributed by atoms with Crippen LogP contribution in [0.25, 0.3) is 0 Å². The van der Waals surface area contributed by atoms with Crippen LogP contribution in [0.3, 0.4) is 0 Å². The van der Waals surface area contributed by atoms with Crippen LogP contribution in [0.5, 0.6) is 0 Å². The molecule has 0 atom stereocenters. The van der Waals surface area contributed by atoms with Gasteiger partial charge in [0.15, 0.2) is 0 Å². The van der Waals surface area contributed by atoms with Gasteiger partial charge in [0.1, 0.15) is 24.1 Å². The van der Waals surface area contributed by atoms with Crippen molar-refractivity contribution in [3.05, 3.63) is 23.7 Å². The topological polar surface area (TPSA) is 79.6 Å². The van der Waals surface area contributed by atoms with Crippen LogP contribution >= 0.6 is 0 Å². The lowest BCUT2D eigenvalue weighted by molar-refractivity contribution is -0.143. The van der Waals surface area contributed by atoms with Gasteiger partial charge < -0.3 is 9.32 Å². The number of nitrogens with one attached hydrogen (secondary N) is 1. The monoisotopic (exact) mass is 250 g/mol. The van der Waals surface area contributed by atoms with Crippen LogP contribution in [-0.4, -0.2) is 34.7 Å². The third-order valence-electron chi connectivity index (χ3n) is 3.01. The van der Waals surface area contributed by atoms with E-state index in [1.807, 2.05) is 0 Å². The molecule has 0 radical (unpaired) electrons. The number of hydrogen-bond acceptors (Lipinski definition) is 4. The molecule has 96 valence electrons. The first-order valence-electron chi connectivity index (χ1n) is 5.54. The first-order valence-corrected chi connectivity index (χ1v) is 5.54. The van der Waals surface area contributed by atoms with Crippen molar-refractivity contribution in [2.24, 2.45) is 0 Å². The van der Waals surface area contributed by atoms with Gasteiger partial charge in [-0.3, -0.25) is 19.7 Å². The van der Waals surface area contributed by atoms with E-state index in [-0.39, 0.29) is 12.5 Å². The zero-order valence-corrected chi connectivity index (χ0v) is 10.4. The molecule has 0 spiro atoms. The van der Waals surface area contributed by atoms with Crippen molar-refractivity contribution in [1.29, 1.82) is 0 Å². The summed E-state index contributed by atoms with van der Waals surface area (Å²) >= 11 is 0. The summed E-state index contributed by atoms with van der Waals surface area (Å²) in [6, 6.07) is 1.58. The Morgan fingerprint density at radius 1 is 1.44 bits per heavy atom. The van der Waals surface area contributed by atoms with Gasteiger partial charge in [-0.25, -0.2) is 0 Å². The maximum absolute atomic E-state index is 12.3. The molecular weight excluding hydrogens is 236 g/mol. The van der Waals surface area contributed by atoms with E-state index in [9.17, 15) is 14.4 Å². The van der Waals surface area contributed by atoms with Crippen molar-refractivity contribution in [1.82, 2.24) is 10.2 Å². The summed E-state index contributed by atoms with van der Waals surface area (Å²) in [7, 11) is 0. The normalized spacial score (nSPS) is 18.7. The highest BCUT2D eigenvalue weighted by Gasteiger charge is 2.43. The van der Waals surface area contributed by atoms with Crippen LogP contribution < -0.4 is 5.32 Å². The molecule has 6 heteroatoms. The SMILES string of the molecule is Cc1cc(C(=O)N2CC(=O)NC(=O)C2(C)C)co1. The minimum absolute atomic E-state index is 0.137. The Labute approximate surface area is 104 Å². The molecular formula is C12H14N2O4. The van der Waals surface area contributed by atoms with Gasteiger partial charge in [-0.15, -0.1) is 0 Å². The van der Waals surface area contributed by atoms with E-state index in [2.05, 4.69) is 5.32 Å². The third-order valence-corrected chi connectivity index (χ3v) is 3.01. The highest BCUT2D eigenvalue weighted by atomic mass is 16.3. The number of imide groups is 1. The first-order chi connectivity index (χ1) is 8.32. The molecule has 1 aromatic heterocycles. The van der Waals surface area contributed by atoms with E-state index in [1.165, 1.54) is 11.2 Å². The van der Waals surface area contributed by atoms with E-state index >= 15 is 0 Å². The number of piperazine rings is 1. The van der Waals surface area contributed by atoms with Crippen molar-refractivity contribution in [3.63, 3.8) is 0 Å². The van der Waals surface area contributed by atoms with E-state index in [0.717, 1.165) is 0 Å². The second-order valence-corrected chi connectivity index (χ2v) is 4.77. The minimum atomic E-state index is -1.06. The zero-order valence-electron chi connectivity index (χ0n) is 10.4. The molecule has 6 nitrogen and oxygen atoms in total. The van der Waals surface area contributed by atoms with Gasteiger partial charge in [0.05, 0.1) is 5.56 Å². The van der Waals surface area contributed by atoms with Gasteiger partial charge in [-0.2, -0.15) is 0 Å². The van der Waals surface area contributed by atoms with Crippen LogP contribution in [0.2, 0.25) is 0 Å². The lowest BCUT2D eigenvalue weighted by atomic mass is 9.98. The van der Waals surface area contributed by atoms with Crippen LogP contribution in [0.1, 0.15) is 30.0 Å². The number of amides is 3. The highest BCUT2D eigenvalue weighted by Crippen LogP contribution is 2.21. The molecule has 1 aliphatic heterocycles. The Hall–Kier alpha value is -2.11. The van der Waals surface area contributed by atoms with Gasteiger partial charge in [0, 0.05) is 0 Å². The third kappa shape index (κ3) is 1.90. The maximum atomic E-state index is 12.3. The van der Waals surface area contributed by atoms with Gasteiger partial charge >= 0.3 is 0 Å². The summed E-state index contributed by atoms with van der Waals surface area (Å²) in [4.78, 5) is 36.6. The molecule has 1 N–H and O–H groups in total. The van der Waals surface area contributed by atoms with Gasteiger partial charge in [0.25, 0.3) is 11.8 Å². The van der Waals surface area contributed by atoms with E-state index in [1.54, 1.807) is 26.8 Å². The van der Waals surface area contributed by atoms with Crippen molar-refractivity contribution in [3.8, 4) is 0 Å². The van der Waals surface area contributed by atoms with Crippen LogP contribution in [0, 0.1) is 6.92 Å². The Morgan fingerprint density at radius 3 is 2.67 bits per heavy atom. The predicted octanol–water partition coefficient (Wildman–Crippen LogP) is 0.465. The van der Waals surface area contributed by atoms with Crippen molar-refractivity contribution < 1.29 is 18.8 Å². The largest absolute Gasteiger partial charge is 0.469 e. The first kappa shape index (κ1) is 12.3. The fourth-order valence-corrected chi connectivity index (χ4v) is 1.82. The van der Waals surface area contributed by atoms with E-state index < -0.39 is 17.4 Å². The predicted molar refractivity (Wildman–Crippen MR) is 61.7 cm³/mol. The second-order valence-electron chi connectivity index (χ2n) is 4.77. The Kier molecular flexibility index (Phi) is 2.73. The minimum Gasteiger partial charge on any atom is -0.469 e. The number of carbonyl (C=O) groups is 3. The molecule has 18 heavy (non-hydrogen) atoms. The summed E-state index contributed by atoms with van der Waals surface area (Å²) < 4.78 is 5.07. The zero-order chi connectivity index (χ0) is 13.5. The highest BCUT2D eigenvalue weighted by molar-refractivity contribution is 6.08. The van der Waals surface area contributed by atoms with Crippen molar-refractivity contribution in [2.45, 2.75) is 26.3 Å². The molecule has 0 aromatic carbocycles. The van der Waals surface area contributed by atoms with Crippen LogP contribution in [0.15, 0.2) is 16.7 Å². The average Bonchev–Trinajstić information content (AvgIpc) is 2.70. The molecule has 1 aliphatic rings. The summed E-state index contributed by atoms with van der Waals surface area (Å²) in [6.45, 7) is 4.77. The number of rotatable bonds is 1. The Balaban J connectivity index is 2.33. The smallest absolute Gasteiger partial charge is 0.258 e. The number of aryl methyl sites for hydroxylation is 1. The summed E-state index contributed by atoms with van der Waals surface area (Å²) in [6.07, 6.45) is 1.32. The van der Waals surface area contributed by atoms with Crippen LogP contribution in [-0.2, 0) is 9.59 Å². The average molecular weight is 250 g/mol. The molecule has 2 rings (SSSR count). The van der Waals surface area contributed by atoms with Gasteiger partial charge in [-0.05, 0) is 26.8 Å². The molecule has 0 aliphatic carbocycles. The molecule has 0 saturated carbocycles. The van der Waals surface area contributed by atoms with Crippen molar-refractivity contribution >= 4 is 17.7 Å². The number of nitrogens with zero attached hydrogens (tertiary/aromatic N) is 1. The molecule has 1 fully saturated rings. The van der Waals surface area contributed by atoms with Gasteiger partial charge in [0.2, 0.25) is 5.91 Å². The fraction of sp³-hybridized carbons (Fsp3) is 0.417. The van der Waals surface area contributed by atoms with Crippen LogP contribution in [0.4, 0.5) is 0 Å². The summed E-state index contributed by atoms with van der Waals surface area (Å²) in [5.74, 6) is -0.746. The quantitative estimate of drug-likeness (QED) is 0.734. The number of hydrogen-bond donors (Lipinski definition) is 1.